The fraction of sp³-hybridized carbons (Fsp3) is 0.200. The molecule has 0 aliphatic heterocycles. The molecule has 2 heterocycles. The molecule has 0 unspecified atom stereocenters. The summed E-state index contributed by atoms with van der Waals surface area (Å²) in [5, 5.41) is 13.1. The van der Waals surface area contributed by atoms with Gasteiger partial charge in [-0.25, -0.2) is 9.78 Å². The van der Waals surface area contributed by atoms with E-state index in [2.05, 4.69) is 25.2 Å². The molecular weight excluding hydrogens is 276 g/mol. The first-order valence-electron chi connectivity index (χ1n) is 4.92. The largest absolute Gasteiger partial charge is 0.464 e. The van der Waals surface area contributed by atoms with Gasteiger partial charge in [-0.1, -0.05) is 0 Å². The predicted molar refractivity (Wildman–Crippen MR) is 68.3 cm³/mol. The number of esters is 1. The number of nitrogens with zero attached hydrogens (tertiary/aromatic N) is 3. The Kier molecular flexibility index (Phi) is 4.06. The third kappa shape index (κ3) is 2.93. The average molecular weight is 285 g/mol. The van der Waals surface area contributed by atoms with Crippen molar-refractivity contribution in [1.29, 1.82) is 0 Å². The Morgan fingerprint density at radius 1 is 1.50 bits per heavy atom. The molecule has 0 aromatic carbocycles. The zero-order valence-corrected chi connectivity index (χ0v) is 11.0. The molecule has 6 nitrogen and oxygen atoms in total. The number of hydrogen-bond acceptors (Lipinski definition) is 7. The lowest BCUT2D eigenvalue weighted by Crippen LogP contribution is -2.06. The summed E-state index contributed by atoms with van der Waals surface area (Å²) < 4.78 is 4.53. The highest BCUT2D eigenvalue weighted by atomic mass is 35.5. The second-order valence-corrected chi connectivity index (χ2v) is 4.32. The monoisotopic (exact) mass is 284 g/mol. The normalized spacial score (nSPS) is 10.1. The average Bonchev–Trinajstić information content (AvgIpc) is 2.86. The minimum atomic E-state index is -0.521. The van der Waals surface area contributed by atoms with Crippen molar-refractivity contribution in [2.75, 3.05) is 12.4 Å². The van der Waals surface area contributed by atoms with Crippen LogP contribution in [0.25, 0.3) is 0 Å². The Hall–Kier alpha value is -1.73. The van der Waals surface area contributed by atoms with Crippen LogP contribution in [-0.4, -0.2) is 28.3 Å². The van der Waals surface area contributed by atoms with Gasteiger partial charge in [0.2, 0.25) is 0 Å². The summed E-state index contributed by atoms with van der Waals surface area (Å²) in [7, 11) is 1.29. The molecule has 0 aliphatic rings. The summed E-state index contributed by atoms with van der Waals surface area (Å²) in [6.07, 6.45) is 0. The Balaban J connectivity index is 2.08. The number of rotatable bonds is 4. The van der Waals surface area contributed by atoms with E-state index < -0.39 is 5.97 Å². The molecule has 0 spiro atoms. The molecule has 94 valence electrons. The van der Waals surface area contributed by atoms with E-state index in [-0.39, 0.29) is 5.69 Å². The van der Waals surface area contributed by atoms with Crippen LogP contribution in [0.5, 0.6) is 0 Å². The first kappa shape index (κ1) is 12.7. The van der Waals surface area contributed by atoms with E-state index in [4.69, 9.17) is 11.6 Å². The van der Waals surface area contributed by atoms with Gasteiger partial charge < -0.3 is 10.1 Å². The van der Waals surface area contributed by atoms with Crippen molar-refractivity contribution in [3.8, 4) is 0 Å². The van der Waals surface area contributed by atoms with Crippen molar-refractivity contribution in [3.05, 3.63) is 28.9 Å². The van der Waals surface area contributed by atoms with Crippen molar-refractivity contribution < 1.29 is 9.53 Å². The lowest BCUT2D eigenvalue weighted by atomic mass is 10.4. The van der Waals surface area contributed by atoms with Crippen LogP contribution in [-0.2, 0) is 10.6 Å². The summed E-state index contributed by atoms with van der Waals surface area (Å²) in [6, 6.07) is 3.15. The van der Waals surface area contributed by atoms with Gasteiger partial charge in [0, 0.05) is 5.38 Å². The number of anilines is 2. The van der Waals surface area contributed by atoms with Crippen molar-refractivity contribution in [2.45, 2.75) is 5.88 Å². The van der Waals surface area contributed by atoms with Crippen LogP contribution in [0.15, 0.2) is 17.5 Å². The van der Waals surface area contributed by atoms with Crippen LogP contribution >= 0.6 is 22.9 Å². The van der Waals surface area contributed by atoms with Crippen LogP contribution in [0.2, 0.25) is 0 Å². The van der Waals surface area contributed by atoms with Crippen LogP contribution in [0.1, 0.15) is 16.2 Å². The zero-order valence-electron chi connectivity index (χ0n) is 9.38. The SMILES string of the molecule is COC(=O)c1ccc(Nc2nc(CCl)cs2)nn1. The number of halogens is 1. The van der Waals surface area contributed by atoms with Crippen LogP contribution in [0.3, 0.4) is 0 Å². The molecule has 0 radical (unpaired) electrons. The van der Waals surface area contributed by atoms with Gasteiger partial charge in [-0.05, 0) is 12.1 Å². The summed E-state index contributed by atoms with van der Waals surface area (Å²) in [5.41, 5.74) is 0.951. The number of aromatic nitrogens is 3. The number of hydrogen-bond donors (Lipinski definition) is 1. The van der Waals surface area contributed by atoms with Gasteiger partial charge in [-0.2, -0.15) is 0 Å². The van der Waals surface area contributed by atoms with Crippen molar-refractivity contribution in [1.82, 2.24) is 15.2 Å². The third-order valence-corrected chi connectivity index (χ3v) is 3.06. The highest BCUT2D eigenvalue weighted by Gasteiger charge is 2.08. The highest BCUT2D eigenvalue weighted by molar-refractivity contribution is 7.13. The third-order valence-electron chi connectivity index (χ3n) is 1.98. The molecule has 0 atom stereocenters. The summed E-state index contributed by atoms with van der Waals surface area (Å²) in [5.74, 6) is 0.344. The molecule has 1 N–H and O–H groups in total. The molecule has 0 amide bonds. The molecule has 18 heavy (non-hydrogen) atoms. The van der Waals surface area contributed by atoms with Gasteiger partial charge in [-0.3, -0.25) is 0 Å². The molecular formula is C10H9ClN4O2S. The number of thiazole rings is 1. The van der Waals surface area contributed by atoms with Crippen molar-refractivity contribution in [3.63, 3.8) is 0 Å². The van der Waals surface area contributed by atoms with Gasteiger partial charge in [0.25, 0.3) is 0 Å². The molecule has 0 bridgehead atoms. The van der Waals surface area contributed by atoms with Gasteiger partial charge in [-0.15, -0.1) is 33.1 Å². The Morgan fingerprint density at radius 3 is 2.89 bits per heavy atom. The van der Waals surface area contributed by atoms with E-state index in [1.807, 2.05) is 5.38 Å². The number of carbonyl (C=O) groups excluding carboxylic acids is 1. The Labute approximate surface area is 112 Å². The second-order valence-electron chi connectivity index (χ2n) is 3.20. The van der Waals surface area contributed by atoms with E-state index in [1.165, 1.54) is 24.5 Å². The lowest BCUT2D eigenvalue weighted by molar-refractivity contribution is 0.0593. The maximum Gasteiger partial charge on any atom is 0.358 e. The van der Waals surface area contributed by atoms with E-state index in [0.29, 0.717) is 16.8 Å². The number of ether oxygens (including phenoxy) is 1. The summed E-state index contributed by atoms with van der Waals surface area (Å²) in [4.78, 5) is 15.4. The Bertz CT molecular complexity index is 543. The van der Waals surface area contributed by atoms with E-state index in [9.17, 15) is 4.79 Å². The first-order chi connectivity index (χ1) is 8.72. The van der Waals surface area contributed by atoms with Gasteiger partial charge >= 0.3 is 5.97 Å². The van der Waals surface area contributed by atoms with Crippen molar-refractivity contribution >= 4 is 39.9 Å². The summed E-state index contributed by atoms with van der Waals surface area (Å²) in [6.45, 7) is 0. The maximum absolute atomic E-state index is 11.2. The zero-order chi connectivity index (χ0) is 13.0. The van der Waals surface area contributed by atoms with Crippen LogP contribution in [0.4, 0.5) is 10.9 Å². The predicted octanol–water partition coefficient (Wildman–Crippen LogP) is 2.20. The molecule has 0 fully saturated rings. The van der Waals surface area contributed by atoms with Gasteiger partial charge in [0.05, 0.1) is 18.7 Å². The first-order valence-corrected chi connectivity index (χ1v) is 6.34. The van der Waals surface area contributed by atoms with Crippen LogP contribution < -0.4 is 5.32 Å². The smallest absolute Gasteiger partial charge is 0.358 e. The Morgan fingerprint density at radius 2 is 2.33 bits per heavy atom. The number of methoxy groups -OCH3 is 1. The molecule has 2 aromatic heterocycles. The second kappa shape index (κ2) is 5.74. The van der Waals surface area contributed by atoms with E-state index in [1.54, 1.807) is 6.07 Å². The number of nitrogens with one attached hydrogen (secondary N) is 1. The van der Waals surface area contributed by atoms with E-state index in [0.717, 1.165) is 5.69 Å². The summed E-state index contributed by atoms with van der Waals surface area (Å²) >= 11 is 7.07. The molecule has 8 heteroatoms. The quantitative estimate of drug-likeness (QED) is 0.685. The molecule has 0 saturated heterocycles. The topological polar surface area (TPSA) is 77.0 Å². The maximum atomic E-state index is 11.2. The number of alkyl halides is 1. The minimum absolute atomic E-state index is 0.156. The van der Waals surface area contributed by atoms with Crippen LogP contribution in [0, 0.1) is 0 Å². The van der Waals surface area contributed by atoms with Gasteiger partial charge in [0.1, 0.15) is 0 Å². The highest BCUT2D eigenvalue weighted by Crippen LogP contribution is 2.20. The minimum Gasteiger partial charge on any atom is -0.464 e. The molecule has 2 aromatic rings. The van der Waals surface area contributed by atoms with E-state index >= 15 is 0 Å². The standard InChI is InChI=1S/C10H9ClN4O2S/c1-17-9(16)7-2-3-8(15-14-7)13-10-12-6(4-11)5-18-10/h2-3,5H,4H2,1H3,(H,12,13,15). The fourth-order valence-corrected chi connectivity index (χ4v) is 2.09. The fourth-order valence-electron chi connectivity index (χ4n) is 1.15. The molecule has 0 aliphatic carbocycles. The van der Waals surface area contributed by atoms with Crippen molar-refractivity contribution in [2.24, 2.45) is 0 Å². The van der Waals surface area contributed by atoms with Gasteiger partial charge in [0.15, 0.2) is 16.6 Å². The number of carbonyl (C=O) groups is 1. The molecule has 2 rings (SSSR count). The molecule has 0 saturated carbocycles. The lowest BCUT2D eigenvalue weighted by Gasteiger charge is -2.01.